The molecular formula is C14Br9. The molecule has 3 aromatic rings. The quantitative estimate of drug-likeness (QED) is 0.120. The summed E-state index contributed by atoms with van der Waals surface area (Å²) >= 11 is 33.0. The van der Waals surface area contributed by atoms with E-state index < -0.39 is 0 Å². The molecule has 0 saturated heterocycles. The number of rotatable bonds is 0. The van der Waals surface area contributed by atoms with Crippen LogP contribution >= 0.6 is 143 Å². The average Bonchev–Trinajstić information content (AvgIpc) is 2.51. The highest BCUT2D eigenvalue weighted by molar-refractivity contribution is 9.15. The lowest BCUT2D eigenvalue weighted by molar-refractivity contribution is 1.53. The van der Waals surface area contributed by atoms with Crippen LogP contribution in [0, 0.1) is 6.07 Å². The van der Waals surface area contributed by atoms with Crippen LogP contribution < -0.4 is 0 Å². The highest BCUT2D eigenvalue weighted by atomic mass is 79.9. The van der Waals surface area contributed by atoms with Crippen molar-refractivity contribution in [3.63, 3.8) is 0 Å². The Bertz CT molecular complexity index is 1010. The molecule has 0 aliphatic heterocycles. The summed E-state index contributed by atoms with van der Waals surface area (Å²) in [5.74, 6) is 0. The maximum absolute atomic E-state index is 3.78. The number of hydrogen-bond donors (Lipinski definition) is 0. The van der Waals surface area contributed by atoms with Crippen molar-refractivity contribution in [2.45, 2.75) is 0 Å². The monoisotopic (exact) mass is 878 g/mol. The van der Waals surface area contributed by atoms with Gasteiger partial charge in [0.25, 0.3) is 0 Å². The van der Waals surface area contributed by atoms with Gasteiger partial charge in [0, 0.05) is 67.9 Å². The van der Waals surface area contributed by atoms with Gasteiger partial charge in [0.1, 0.15) is 0 Å². The minimum Gasteiger partial charge on any atom is -0.0494 e. The Morgan fingerprint density at radius 2 is 0.826 bits per heavy atom. The highest BCUT2D eigenvalue weighted by Gasteiger charge is 2.23. The fourth-order valence-corrected chi connectivity index (χ4v) is 8.56. The molecule has 0 N–H and O–H groups in total. The van der Waals surface area contributed by atoms with Crippen LogP contribution in [-0.2, 0) is 0 Å². The summed E-state index contributed by atoms with van der Waals surface area (Å²) in [4.78, 5) is 0. The maximum Gasteiger partial charge on any atom is 0.0477 e. The molecule has 23 heavy (non-hydrogen) atoms. The molecule has 0 aliphatic carbocycles. The third kappa shape index (κ3) is 3.18. The van der Waals surface area contributed by atoms with Crippen LogP contribution in [0.1, 0.15) is 0 Å². The first kappa shape index (κ1) is 20.2. The van der Waals surface area contributed by atoms with E-state index in [-0.39, 0.29) is 0 Å². The lowest BCUT2D eigenvalue weighted by atomic mass is 10.0. The first-order valence-corrected chi connectivity index (χ1v) is 12.8. The molecular weight excluding hydrogens is 887 g/mol. The smallest absolute Gasteiger partial charge is 0.0477 e. The van der Waals surface area contributed by atoms with E-state index in [1.807, 2.05) is 0 Å². The van der Waals surface area contributed by atoms with E-state index in [0.29, 0.717) is 0 Å². The van der Waals surface area contributed by atoms with Gasteiger partial charge in [-0.25, -0.2) is 0 Å². The number of halogens is 9. The minimum absolute atomic E-state index is 0.857. The largest absolute Gasteiger partial charge is 0.0494 e. The second-order valence-electron chi connectivity index (χ2n) is 4.45. The maximum atomic E-state index is 3.78. The molecule has 0 saturated carbocycles. The van der Waals surface area contributed by atoms with Crippen LogP contribution in [0.15, 0.2) is 40.3 Å². The van der Waals surface area contributed by atoms with Crippen LogP contribution in [0.5, 0.6) is 0 Å². The Balaban J connectivity index is 2.77. The second-order valence-corrected chi connectivity index (χ2v) is 11.6. The van der Waals surface area contributed by atoms with E-state index in [9.17, 15) is 0 Å². The van der Waals surface area contributed by atoms with Gasteiger partial charge >= 0.3 is 0 Å². The van der Waals surface area contributed by atoms with Gasteiger partial charge in [-0.2, -0.15) is 0 Å². The number of hydrogen-bond acceptors (Lipinski definition) is 0. The molecule has 0 atom stereocenters. The summed E-state index contributed by atoms with van der Waals surface area (Å²) in [5, 5.41) is 4.09. The number of benzene rings is 3. The van der Waals surface area contributed by atoms with Gasteiger partial charge in [-0.05, 0) is 143 Å². The van der Waals surface area contributed by atoms with Gasteiger partial charge in [-0.15, -0.1) is 0 Å². The van der Waals surface area contributed by atoms with Crippen molar-refractivity contribution >= 4 is 165 Å². The third-order valence-corrected chi connectivity index (χ3v) is 12.8. The molecule has 0 heterocycles. The lowest BCUT2D eigenvalue weighted by Crippen LogP contribution is -1.91. The van der Waals surface area contributed by atoms with Crippen LogP contribution in [0.25, 0.3) is 21.5 Å². The molecule has 0 nitrogen and oxygen atoms in total. The first-order valence-electron chi connectivity index (χ1n) is 5.70. The summed E-state index contributed by atoms with van der Waals surface area (Å²) in [6.07, 6.45) is 0. The Kier molecular flexibility index (Phi) is 6.59. The highest BCUT2D eigenvalue weighted by Crippen LogP contribution is 2.53. The van der Waals surface area contributed by atoms with Crippen molar-refractivity contribution in [3.8, 4) is 0 Å². The van der Waals surface area contributed by atoms with Gasteiger partial charge in [0.2, 0.25) is 0 Å². The van der Waals surface area contributed by atoms with Crippen molar-refractivity contribution in [1.82, 2.24) is 0 Å². The Morgan fingerprint density at radius 3 is 1.35 bits per heavy atom. The third-order valence-electron chi connectivity index (χ3n) is 3.23. The van der Waals surface area contributed by atoms with E-state index in [4.69, 9.17) is 0 Å². The average molecular weight is 887 g/mol. The molecule has 3 aromatic carbocycles. The SMILES string of the molecule is Brc1[c]c2c(Br)c3c(Br)c(Br)c(Br)c(Br)c3c(Br)c2c(Br)c1Br. The molecule has 0 unspecified atom stereocenters. The predicted octanol–water partition coefficient (Wildman–Crippen LogP) is 10.7. The molecule has 0 aromatic heterocycles. The zero-order chi connectivity index (χ0) is 17.2. The van der Waals surface area contributed by atoms with Crippen molar-refractivity contribution in [2.24, 2.45) is 0 Å². The van der Waals surface area contributed by atoms with Crippen molar-refractivity contribution in [3.05, 3.63) is 46.3 Å². The van der Waals surface area contributed by atoms with E-state index in [0.717, 1.165) is 61.8 Å². The zero-order valence-corrected chi connectivity index (χ0v) is 24.7. The Labute approximate surface area is 208 Å². The molecule has 3 rings (SSSR count). The van der Waals surface area contributed by atoms with E-state index in [1.165, 1.54) is 0 Å². The molecule has 0 bridgehead atoms. The van der Waals surface area contributed by atoms with Gasteiger partial charge in [-0.3, -0.25) is 0 Å². The topological polar surface area (TPSA) is 0 Å². The molecule has 1 radical (unpaired) electrons. The minimum atomic E-state index is 0.857. The van der Waals surface area contributed by atoms with Crippen LogP contribution in [0.4, 0.5) is 0 Å². The molecule has 0 spiro atoms. The van der Waals surface area contributed by atoms with E-state index in [1.54, 1.807) is 0 Å². The summed E-state index contributed by atoms with van der Waals surface area (Å²) in [6.45, 7) is 0. The molecule has 119 valence electrons. The first-order chi connectivity index (χ1) is 10.7. The second kappa shape index (κ2) is 7.49. The Hall–Kier alpha value is 2.50. The van der Waals surface area contributed by atoms with Crippen LogP contribution in [0.3, 0.4) is 0 Å². The summed E-state index contributed by atoms with van der Waals surface area (Å²) in [7, 11) is 0. The van der Waals surface area contributed by atoms with E-state index >= 15 is 0 Å². The van der Waals surface area contributed by atoms with Gasteiger partial charge in [0.15, 0.2) is 0 Å². The fourth-order valence-electron chi connectivity index (χ4n) is 2.21. The van der Waals surface area contributed by atoms with E-state index in [2.05, 4.69) is 149 Å². The molecule has 9 heteroatoms. The summed E-state index contributed by atoms with van der Waals surface area (Å²) in [6, 6.07) is 3.38. The van der Waals surface area contributed by atoms with Gasteiger partial charge in [-0.1, -0.05) is 0 Å². The molecule has 0 fully saturated rings. The van der Waals surface area contributed by atoms with Crippen LogP contribution in [-0.4, -0.2) is 0 Å². The van der Waals surface area contributed by atoms with Crippen molar-refractivity contribution < 1.29 is 0 Å². The molecule has 0 amide bonds. The van der Waals surface area contributed by atoms with Crippen LogP contribution in [0.2, 0.25) is 0 Å². The molecule has 0 aliphatic rings. The summed E-state index contributed by atoms with van der Waals surface area (Å²) in [5.41, 5.74) is 0. The van der Waals surface area contributed by atoms with Gasteiger partial charge < -0.3 is 0 Å². The number of fused-ring (bicyclic) bond motifs is 2. The fraction of sp³-hybridized carbons (Fsp3) is 0. The summed E-state index contributed by atoms with van der Waals surface area (Å²) < 4.78 is 8.47. The Morgan fingerprint density at radius 1 is 0.391 bits per heavy atom. The van der Waals surface area contributed by atoms with Crippen molar-refractivity contribution in [2.75, 3.05) is 0 Å². The zero-order valence-electron chi connectivity index (χ0n) is 10.4. The standard InChI is InChI=1S/C14Br9/c15-3-1-2-4(10(19)8(3)17)9(18)6-5(7(2)16)11(20)13(22)14(23)12(6)21. The lowest BCUT2D eigenvalue weighted by Gasteiger charge is -2.17. The normalized spacial score (nSPS) is 11.7. The predicted molar refractivity (Wildman–Crippen MR) is 130 cm³/mol. The van der Waals surface area contributed by atoms with Crippen molar-refractivity contribution in [1.29, 1.82) is 0 Å². The van der Waals surface area contributed by atoms with Gasteiger partial charge in [0.05, 0.1) is 0 Å².